The third-order valence-electron chi connectivity index (χ3n) is 10.5. The highest BCUT2D eigenvalue weighted by molar-refractivity contribution is 6.20. The summed E-state index contributed by atoms with van der Waals surface area (Å²) in [6.45, 7) is 0. The number of para-hydroxylation sites is 4. The van der Waals surface area contributed by atoms with E-state index in [2.05, 4.69) is 161 Å². The Balaban J connectivity index is 1.18. The van der Waals surface area contributed by atoms with E-state index in [0.717, 1.165) is 44.9 Å². The Morgan fingerprint density at radius 2 is 0.788 bits per heavy atom. The van der Waals surface area contributed by atoms with Crippen molar-refractivity contribution in [2.24, 2.45) is 0 Å². The minimum Gasteiger partial charge on any atom is -0.309 e. The highest BCUT2D eigenvalue weighted by atomic mass is 15.0. The molecule has 0 fully saturated rings. The first-order valence-electron chi connectivity index (χ1n) is 17.7. The molecule has 11 aromatic rings. The number of fused-ring (bicyclic) bond motifs is 8. The maximum atomic E-state index is 5.17. The first-order chi connectivity index (χ1) is 25.8. The smallest absolute Gasteiger partial charge is 0.0973 e. The number of benzene rings is 8. The van der Waals surface area contributed by atoms with Crippen LogP contribution in [-0.4, -0.2) is 19.1 Å². The zero-order valence-electron chi connectivity index (χ0n) is 28.1. The molecule has 3 heterocycles. The van der Waals surface area contributed by atoms with E-state index in [4.69, 9.17) is 9.97 Å². The van der Waals surface area contributed by atoms with Crippen molar-refractivity contribution in [2.75, 3.05) is 0 Å². The molecule has 4 heteroatoms. The van der Waals surface area contributed by atoms with Crippen LogP contribution in [0.1, 0.15) is 0 Å². The molecule has 0 aliphatic rings. The maximum Gasteiger partial charge on any atom is 0.0973 e. The maximum absolute atomic E-state index is 5.17. The van der Waals surface area contributed by atoms with E-state index in [-0.39, 0.29) is 0 Å². The molecule has 0 aliphatic heterocycles. The van der Waals surface area contributed by atoms with Crippen LogP contribution in [0.2, 0.25) is 0 Å². The van der Waals surface area contributed by atoms with Crippen molar-refractivity contribution in [1.82, 2.24) is 19.1 Å². The van der Waals surface area contributed by atoms with Gasteiger partial charge < -0.3 is 9.13 Å². The Morgan fingerprint density at radius 3 is 1.50 bits per heavy atom. The molecule has 0 unspecified atom stereocenters. The van der Waals surface area contributed by atoms with Crippen LogP contribution < -0.4 is 0 Å². The van der Waals surface area contributed by atoms with Crippen molar-refractivity contribution in [3.05, 3.63) is 182 Å². The Labute approximate surface area is 299 Å². The molecule has 0 aliphatic carbocycles. The van der Waals surface area contributed by atoms with Gasteiger partial charge in [0.25, 0.3) is 0 Å². The molecule has 0 saturated carbocycles. The van der Waals surface area contributed by atoms with Crippen LogP contribution in [0.25, 0.3) is 99.3 Å². The van der Waals surface area contributed by atoms with Crippen LogP contribution in [0, 0.1) is 0 Å². The Morgan fingerprint density at radius 1 is 0.308 bits per heavy atom. The van der Waals surface area contributed by atoms with Crippen LogP contribution in [0.3, 0.4) is 0 Å². The summed E-state index contributed by atoms with van der Waals surface area (Å²) in [6, 6.07) is 64.9. The molecule has 4 nitrogen and oxygen atoms in total. The summed E-state index contributed by atoms with van der Waals surface area (Å²) in [5.41, 5.74) is 12.6. The number of nitrogens with zero attached hydrogens (tertiary/aromatic N) is 4. The SMILES string of the molecule is c1ccc(-c2nc3ccccc3nc2-c2ccc(-n3c4cc5ccccc5cc4c4cc5c6ccccc6n(-c6ccccc6)c5cc43)cc2)cc1. The van der Waals surface area contributed by atoms with Crippen molar-refractivity contribution in [1.29, 1.82) is 0 Å². The van der Waals surface area contributed by atoms with Crippen LogP contribution >= 0.6 is 0 Å². The molecular weight excluding hydrogens is 633 g/mol. The van der Waals surface area contributed by atoms with Crippen LogP contribution in [0.5, 0.6) is 0 Å². The lowest BCUT2D eigenvalue weighted by atomic mass is 10.0. The summed E-state index contributed by atoms with van der Waals surface area (Å²) < 4.78 is 4.83. The molecule has 8 aromatic carbocycles. The second-order valence-electron chi connectivity index (χ2n) is 13.4. The molecule has 0 spiro atoms. The zero-order chi connectivity index (χ0) is 34.2. The largest absolute Gasteiger partial charge is 0.309 e. The summed E-state index contributed by atoms with van der Waals surface area (Å²) in [4.78, 5) is 10.3. The molecule has 0 amide bonds. The van der Waals surface area contributed by atoms with Gasteiger partial charge in [0, 0.05) is 44.0 Å². The fourth-order valence-corrected chi connectivity index (χ4v) is 8.06. The standard InChI is InChI=1S/C48H30N4/c1-3-13-31(14-4-1)47-48(50-42-21-11-10-20-41(42)49-47)32-23-25-36(26-24-32)52-44-28-34-16-8-7-15-33(34)27-38(44)40-29-39-37-19-9-12-22-43(37)51(45(39)30-46(40)52)35-17-5-2-6-18-35/h1-30H. The van der Waals surface area contributed by atoms with E-state index >= 15 is 0 Å². The fraction of sp³-hybridized carbons (Fsp3) is 0. The number of hydrogen-bond acceptors (Lipinski definition) is 2. The topological polar surface area (TPSA) is 35.6 Å². The summed E-state index contributed by atoms with van der Waals surface area (Å²) >= 11 is 0. The lowest BCUT2D eigenvalue weighted by Gasteiger charge is -2.13. The lowest BCUT2D eigenvalue weighted by Crippen LogP contribution is -1.97. The predicted molar refractivity (Wildman–Crippen MR) is 217 cm³/mol. The van der Waals surface area contributed by atoms with Crippen LogP contribution in [-0.2, 0) is 0 Å². The van der Waals surface area contributed by atoms with Crippen LogP contribution in [0.15, 0.2) is 182 Å². The molecule has 0 radical (unpaired) electrons. The van der Waals surface area contributed by atoms with E-state index in [1.807, 2.05) is 30.3 Å². The van der Waals surface area contributed by atoms with Crippen LogP contribution in [0.4, 0.5) is 0 Å². The third kappa shape index (κ3) is 4.34. The minimum atomic E-state index is 0.874. The van der Waals surface area contributed by atoms with Gasteiger partial charge >= 0.3 is 0 Å². The molecule has 0 saturated heterocycles. The van der Waals surface area contributed by atoms with Gasteiger partial charge in [-0.3, -0.25) is 0 Å². The second-order valence-corrected chi connectivity index (χ2v) is 13.4. The first kappa shape index (κ1) is 28.8. The summed E-state index contributed by atoms with van der Waals surface area (Å²) in [6.07, 6.45) is 0. The lowest BCUT2D eigenvalue weighted by molar-refractivity contribution is 1.16. The quantitative estimate of drug-likeness (QED) is 0.188. The molecule has 0 atom stereocenters. The second kappa shape index (κ2) is 11.2. The molecule has 11 rings (SSSR count). The average molecular weight is 663 g/mol. The van der Waals surface area contributed by atoms with Gasteiger partial charge in [-0.1, -0.05) is 115 Å². The van der Waals surface area contributed by atoms with Gasteiger partial charge in [-0.2, -0.15) is 0 Å². The van der Waals surface area contributed by atoms with Gasteiger partial charge in [-0.15, -0.1) is 0 Å². The van der Waals surface area contributed by atoms with E-state index in [0.29, 0.717) is 0 Å². The van der Waals surface area contributed by atoms with E-state index in [1.54, 1.807) is 0 Å². The molecular formula is C48H30N4. The average Bonchev–Trinajstić information content (AvgIpc) is 3.70. The van der Waals surface area contributed by atoms with Gasteiger partial charge in [0.1, 0.15) is 0 Å². The number of hydrogen-bond donors (Lipinski definition) is 0. The van der Waals surface area contributed by atoms with Crippen molar-refractivity contribution in [2.45, 2.75) is 0 Å². The molecule has 3 aromatic heterocycles. The van der Waals surface area contributed by atoms with Gasteiger partial charge in [-0.25, -0.2) is 9.97 Å². The van der Waals surface area contributed by atoms with Gasteiger partial charge in [0.15, 0.2) is 0 Å². The Bertz CT molecular complexity index is 3160. The van der Waals surface area contributed by atoms with Crippen molar-refractivity contribution >= 4 is 65.4 Å². The number of aromatic nitrogens is 4. The van der Waals surface area contributed by atoms with Crippen molar-refractivity contribution < 1.29 is 0 Å². The van der Waals surface area contributed by atoms with Gasteiger partial charge in [-0.05, 0) is 77.5 Å². The van der Waals surface area contributed by atoms with Crippen molar-refractivity contribution in [3.8, 4) is 33.9 Å². The highest BCUT2D eigenvalue weighted by Crippen LogP contribution is 2.41. The molecule has 52 heavy (non-hydrogen) atoms. The van der Waals surface area contributed by atoms with Gasteiger partial charge in [0.05, 0.1) is 44.5 Å². The molecule has 0 bridgehead atoms. The van der Waals surface area contributed by atoms with E-state index in [1.165, 1.54) is 54.4 Å². The van der Waals surface area contributed by atoms with Gasteiger partial charge in [0.2, 0.25) is 0 Å². The molecule has 242 valence electrons. The predicted octanol–water partition coefficient (Wildman–Crippen LogP) is 12.3. The molecule has 0 N–H and O–H groups in total. The van der Waals surface area contributed by atoms with E-state index in [9.17, 15) is 0 Å². The summed E-state index contributed by atoms with van der Waals surface area (Å²) in [7, 11) is 0. The summed E-state index contributed by atoms with van der Waals surface area (Å²) in [5, 5.41) is 7.43. The number of rotatable bonds is 4. The third-order valence-corrected chi connectivity index (χ3v) is 10.5. The Kier molecular flexibility index (Phi) is 6.22. The monoisotopic (exact) mass is 662 g/mol. The Hall–Kier alpha value is -7.04. The summed E-state index contributed by atoms with van der Waals surface area (Å²) in [5.74, 6) is 0. The minimum absolute atomic E-state index is 0.874. The first-order valence-corrected chi connectivity index (χ1v) is 17.7. The fourth-order valence-electron chi connectivity index (χ4n) is 8.06. The van der Waals surface area contributed by atoms with E-state index < -0.39 is 0 Å². The normalized spacial score (nSPS) is 11.8. The highest BCUT2D eigenvalue weighted by Gasteiger charge is 2.20. The van der Waals surface area contributed by atoms with Crippen molar-refractivity contribution in [3.63, 3.8) is 0 Å². The zero-order valence-corrected chi connectivity index (χ0v) is 28.1.